The maximum Gasteiger partial charge on any atom is 0.308 e. The molecule has 1 saturated heterocycles. The van der Waals surface area contributed by atoms with Crippen LogP contribution in [-0.4, -0.2) is 36.1 Å². The molecule has 2 bridgehead atoms. The molecule has 1 aromatic carbocycles. The highest BCUT2D eigenvalue weighted by Crippen LogP contribution is 2.52. The van der Waals surface area contributed by atoms with E-state index in [0.717, 1.165) is 11.4 Å². The molecule has 4 rings (SSSR count). The highest BCUT2D eigenvalue weighted by atomic mass is 127. The maximum atomic E-state index is 12.6. The molecule has 140 valence electrons. The molecule has 3 aliphatic rings. The Bertz CT molecular complexity index is 880. The fourth-order valence-electron chi connectivity index (χ4n) is 4.18. The molecule has 0 spiro atoms. The van der Waals surface area contributed by atoms with E-state index in [4.69, 9.17) is 9.47 Å². The number of nitrogens with zero attached hydrogens (tertiary/aromatic N) is 2. The Balaban J connectivity index is 1.58. The first kappa shape index (κ1) is 18.1. The van der Waals surface area contributed by atoms with Gasteiger partial charge in [0.2, 0.25) is 0 Å². The molecule has 2 amide bonds. The van der Waals surface area contributed by atoms with Gasteiger partial charge in [-0.2, -0.15) is 10.1 Å². The number of methoxy groups -OCH3 is 1. The van der Waals surface area contributed by atoms with Gasteiger partial charge in [-0.15, -0.1) is 0 Å². The smallest absolute Gasteiger partial charge is 0.308 e. The van der Waals surface area contributed by atoms with Crippen LogP contribution in [0, 0.1) is 27.2 Å². The molecule has 2 fully saturated rings. The van der Waals surface area contributed by atoms with E-state index in [0.29, 0.717) is 20.6 Å². The number of hydrazone groups is 1. The van der Waals surface area contributed by atoms with Crippen LogP contribution in [0.1, 0.15) is 18.9 Å². The Labute approximate surface area is 169 Å². The summed E-state index contributed by atoms with van der Waals surface area (Å²) in [6.45, 7) is 1.31. The highest BCUT2D eigenvalue weighted by Gasteiger charge is 2.59. The van der Waals surface area contributed by atoms with Crippen LogP contribution < -0.4 is 9.47 Å². The zero-order chi connectivity index (χ0) is 19.3. The number of amides is 2. The summed E-state index contributed by atoms with van der Waals surface area (Å²) >= 11 is 2.03. The third kappa shape index (κ3) is 2.95. The second-order valence-corrected chi connectivity index (χ2v) is 8.02. The average molecular weight is 480 g/mol. The maximum absolute atomic E-state index is 12.6. The predicted molar refractivity (Wildman–Crippen MR) is 104 cm³/mol. The zero-order valence-corrected chi connectivity index (χ0v) is 16.9. The number of allylic oxidation sites excluding steroid dienone is 2. The van der Waals surface area contributed by atoms with Crippen LogP contribution in [-0.2, 0) is 14.4 Å². The van der Waals surface area contributed by atoms with Crippen molar-refractivity contribution in [1.82, 2.24) is 5.01 Å². The monoisotopic (exact) mass is 480 g/mol. The van der Waals surface area contributed by atoms with Gasteiger partial charge in [0.05, 0.1) is 28.7 Å². The molecule has 4 atom stereocenters. The number of carbonyl (C=O) groups excluding carboxylic acids is 3. The molecular weight excluding hydrogens is 463 g/mol. The standard InChI is InChI=1S/C19H17IN2O5/c1-9(23)27-17-13(20)5-10(6-14(17)26-2)8-21-22-18(24)15-11-3-4-12(7-11)16(15)19(22)25/h3-6,8,11-12,15-16H,7H2,1-2H3. The highest BCUT2D eigenvalue weighted by molar-refractivity contribution is 14.1. The fourth-order valence-corrected chi connectivity index (χ4v) is 4.92. The molecule has 1 saturated carbocycles. The third-order valence-electron chi connectivity index (χ3n) is 5.27. The lowest BCUT2D eigenvalue weighted by Crippen LogP contribution is -2.28. The number of esters is 1. The number of hydrogen-bond acceptors (Lipinski definition) is 6. The summed E-state index contributed by atoms with van der Waals surface area (Å²) in [5.74, 6) is -0.439. The number of hydrogen-bond donors (Lipinski definition) is 0. The van der Waals surface area contributed by atoms with Gasteiger partial charge in [-0.1, -0.05) is 12.2 Å². The Morgan fingerprint density at radius 3 is 2.41 bits per heavy atom. The van der Waals surface area contributed by atoms with Crippen LogP contribution in [0.3, 0.4) is 0 Å². The second kappa shape index (κ2) is 6.74. The Hall–Kier alpha value is -2.23. The van der Waals surface area contributed by atoms with Crippen LogP contribution in [0.4, 0.5) is 0 Å². The van der Waals surface area contributed by atoms with E-state index in [1.807, 2.05) is 34.7 Å². The minimum Gasteiger partial charge on any atom is -0.493 e. The topological polar surface area (TPSA) is 85.3 Å². The first-order chi connectivity index (χ1) is 12.9. The quantitative estimate of drug-likeness (QED) is 0.165. The van der Waals surface area contributed by atoms with Gasteiger partial charge in [-0.05, 0) is 58.5 Å². The van der Waals surface area contributed by atoms with E-state index >= 15 is 0 Å². The molecule has 0 aromatic heterocycles. The molecule has 0 radical (unpaired) electrons. The molecule has 1 aliphatic heterocycles. The van der Waals surface area contributed by atoms with E-state index in [1.165, 1.54) is 20.2 Å². The predicted octanol–water partition coefficient (Wildman–Crippen LogP) is 2.37. The summed E-state index contributed by atoms with van der Waals surface area (Å²) in [7, 11) is 1.47. The first-order valence-corrected chi connectivity index (χ1v) is 9.64. The molecule has 4 unspecified atom stereocenters. The number of rotatable bonds is 4. The van der Waals surface area contributed by atoms with Crippen molar-refractivity contribution in [3.05, 3.63) is 33.4 Å². The molecule has 1 heterocycles. The van der Waals surface area contributed by atoms with Gasteiger partial charge < -0.3 is 9.47 Å². The number of carbonyl (C=O) groups is 3. The number of imide groups is 1. The van der Waals surface area contributed by atoms with Crippen molar-refractivity contribution in [3.63, 3.8) is 0 Å². The van der Waals surface area contributed by atoms with Crippen LogP contribution in [0.15, 0.2) is 29.4 Å². The second-order valence-electron chi connectivity index (χ2n) is 6.86. The van der Waals surface area contributed by atoms with Gasteiger partial charge in [0, 0.05) is 6.92 Å². The van der Waals surface area contributed by atoms with E-state index in [9.17, 15) is 14.4 Å². The lowest BCUT2D eigenvalue weighted by atomic mass is 9.85. The number of fused-ring (bicyclic) bond motifs is 5. The van der Waals surface area contributed by atoms with Crippen molar-refractivity contribution in [2.75, 3.05) is 7.11 Å². The summed E-state index contributed by atoms with van der Waals surface area (Å²) < 4.78 is 11.1. The molecule has 8 heteroatoms. The lowest BCUT2D eigenvalue weighted by Gasteiger charge is -2.13. The van der Waals surface area contributed by atoms with E-state index in [-0.39, 0.29) is 35.5 Å². The van der Waals surface area contributed by atoms with Crippen LogP contribution in [0.25, 0.3) is 0 Å². The minimum absolute atomic E-state index is 0.153. The number of ether oxygens (including phenoxy) is 2. The summed E-state index contributed by atoms with van der Waals surface area (Å²) in [4.78, 5) is 36.5. The van der Waals surface area contributed by atoms with Crippen molar-refractivity contribution < 1.29 is 23.9 Å². The van der Waals surface area contributed by atoms with E-state index in [1.54, 1.807) is 12.1 Å². The fraction of sp³-hybridized carbons (Fsp3) is 0.368. The number of halogens is 1. The summed E-state index contributed by atoms with van der Waals surface area (Å²) in [5, 5.41) is 5.16. The largest absolute Gasteiger partial charge is 0.493 e. The van der Waals surface area contributed by atoms with Crippen molar-refractivity contribution in [3.8, 4) is 11.5 Å². The molecule has 0 N–H and O–H groups in total. The van der Waals surface area contributed by atoms with Crippen LogP contribution in [0.2, 0.25) is 0 Å². The normalized spacial score (nSPS) is 28.3. The molecule has 7 nitrogen and oxygen atoms in total. The third-order valence-corrected chi connectivity index (χ3v) is 6.07. The lowest BCUT2D eigenvalue weighted by molar-refractivity contribution is -0.140. The Morgan fingerprint density at radius 1 is 1.22 bits per heavy atom. The van der Waals surface area contributed by atoms with Crippen LogP contribution >= 0.6 is 22.6 Å². The summed E-state index contributed by atoms with van der Waals surface area (Å²) in [5.41, 5.74) is 0.630. The minimum atomic E-state index is -0.448. The average Bonchev–Trinajstić information content (AvgIpc) is 3.29. The van der Waals surface area contributed by atoms with Gasteiger partial charge in [0.25, 0.3) is 11.8 Å². The molecule has 1 aromatic rings. The SMILES string of the molecule is COc1cc(C=NN2C(=O)C3C4C=CC(C4)C3C2=O)cc(I)c1OC(C)=O. The van der Waals surface area contributed by atoms with E-state index < -0.39 is 5.97 Å². The van der Waals surface area contributed by atoms with E-state index in [2.05, 4.69) is 5.10 Å². The van der Waals surface area contributed by atoms with Gasteiger partial charge in [0.1, 0.15) is 0 Å². The first-order valence-electron chi connectivity index (χ1n) is 8.56. The molecule has 27 heavy (non-hydrogen) atoms. The van der Waals surface area contributed by atoms with Crippen molar-refractivity contribution in [2.45, 2.75) is 13.3 Å². The summed E-state index contributed by atoms with van der Waals surface area (Å²) in [6, 6.07) is 3.38. The van der Waals surface area contributed by atoms with Crippen LogP contribution in [0.5, 0.6) is 11.5 Å². The zero-order valence-electron chi connectivity index (χ0n) is 14.7. The van der Waals surface area contributed by atoms with Gasteiger partial charge >= 0.3 is 5.97 Å². The number of benzene rings is 1. The summed E-state index contributed by atoms with van der Waals surface area (Å²) in [6.07, 6.45) is 6.43. The molecular formula is C19H17IN2O5. The Kier molecular flexibility index (Phi) is 4.53. The van der Waals surface area contributed by atoms with Gasteiger partial charge in [-0.3, -0.25) is 14.4 Å². The Morgan fingerprint density at radius 2 is 1.85 bits per heavy atom. The van der Waals surface area contributed by atoms with Crippen molar-refractivity contribution >= 4 is 46.6 Å². The molecule has 2 aliphatic carbocycles. The van der Waals surface area contributed by atoms with Crippen molar-refractivity contribution in [2.24, 2.45) is 28.8 Å². The van der Waals surface area contributed by atoms with Crippen molar-refractivity contribution in [1.29, 1.82) is 0 Å². The van der Waals surface area contributed by atoms with Gasteiger partial charge in [-0.25, -0.2) is 0 Å². The van der Waals surface area contributed by atoms with Gasteiger partial charge in [0.15, 0.2) is 11.5 Å².